The van der Waals surface area contributed by atoms with Gasteiger partial charge in [-0.1, -0.05) is 41.5 Å². The van der Waals surface area contributed by atoms with Crippen LogP contribution in [0.2, 0.25) is 0 Å². The van der Waals surface area contributed by atoms with Gasteiger partial charge in [-0.2, -0.15) is 0 Å². The highest BCUT2D eigenvalue weighted by atomic mass is 16.4. The Hall–Kier alpha value is -0.530. The molecule has 0 bridgehead atoms. The molecule has 0 saturated carbocycles. The lowest BCUT2D eigenvalue weighted by atomic mass is 9.67. The number of aliphatic carboxylic acids is 1. The molecule has 0 aliphatic carbocycles. The van der Waals surface area contributed by atoms with E-state index >= 15 is 0 Å². The number of carboxylic acid groups (broad SMARTS) is 1. The number of carbonyl (C=O) groups is 1. The van der Waals surface area contributed by atoms with Crippen LogP contribution in [0.5, 0.6) is 0 Å². The van der Waals surface area contributed by atoms with E-state index in [0.29, 0.717) is 0 Å². The third-order valence-corrected chi connectivity index (χ3v) is 1.98. The zero-order valence-corrected chi connectivity index (χ0v) is 8.93. The van der Waals surface area contributed by atoms with Crippen LogP contribution in [0.1, 0.15) is 41.5 Å². The Morgan fingerprint density at radius 2 is 1.25 bits per heavy atom. The molecule has 0 aliphatic rings. The first kappa shape index (κ1) is 11.5. The van der Waals surface area contributed by atoms with Crippen LogP contribution in [0.15, 0.2) is 0 Å². The van der Waals surface area contributed by atoms with Gasteiger partial charge in [0.05, 0.1) is 5.92 Å². The maximum Gasteiger partial charge on any atom is 0.307 e. The van der Waals surface area contributed by atoms with E-state index in [1.807, 2.05) is 41.5 Å². The number of rotatable bonds is 1. The Balaban J connectivity index is 4.82. The van der Waals surface area contributed by atoms with Crippen molar-refractivity contribution in [1.82, 2.24) is 0 Å². The van der Waals surface area contributed by atoms with Crippen LogP contribution >= 0.6 is 0 Å². The highest BCUT2D eigenvalue weighted by molar-refractivity contribution is 5.71. The van der Waals surface area contributed by atoms with Gasteiger partial charge in [0.1, 0.15) is 0 Å². The van der Waals surface area contributed by atoms with E-state index < -0.39 is 5.97 Å². The lowest BCUT2D eigenvalue weighted by Gasteiger charge is -2.37. The molecule has 2 nitrogen and oxygen atoms in total. The van der Waals surface area contributed by atoms with Gasteiger partial charge in [-0.3, -0.25) is 4.79 Å². The molecule has 12 heavy (non-hydrogen) atoms. The van der Waals surface area contributed by atoms with Gasteiger partial charge in [0.25, 0.3) is 0 Å². The van der Waals surface area contributed by atoms with Gasteiger partial charge in [0, 0.05) is 0 Å². The first-order valence-corrected chi connectivity index (χ1v) is 4.29. The predicted octanol–water partition coefficient (Wildman–Crippen LogP) is 2.78. The number of hydrogen-bond donors (Lipinski definition) is 1. The molecule has 0 unspecified atom stereocenters. The van der Waals surface area contributed by atoms with Crippen LogP contribution < -0.4 is 0 Å². The molecule has 0 heterocycles. The molecule has 0 aromatic carbocycles. The monoisotopic (exact) mass is 172 g/mol. The topological polar surface area (TPSA) is 37.3 Å². The van der Waals surface area contributed by atoms with Crippen LogP contribution in [-0.2, 0) is 4.79 Å². The molecule has 0 aromatic rings. The molecule has 72 valence electrons. The molecule has 0 spiro atoms. The lowest BCUT2D eigenvalue weighted by Crippen LogP contribution is -2.38. The van der Waals surface area contributed by atoms with Crippen LogP contribution in [-0.4, -0.2) is 11.1 Å². The lowest BCUT2D eigenvalue weighted by molar-refractivity contribution is -0.150. The van der Waals surface area contributed by atoms with E-state index in [1.54, 1.807) is 0 Å². The van der Waals surface area contributed by atoms with Gasteiger partial charge in [-0.25, -0.2) is 0 Å². The molecule has 0 radical (unpaired) electrons. The Bertz CT molecular complexity index is 155. The highest BCUT2D eigenvalue weighted by Crippen LogP contribution is 2.39. The largest absolute Gasteiger partial charge is 0.481 e. The third-order valence-electron chi connectivity index (χ3n) is 1.98. The van der Waals surface area contributed by atoms with Crippen LogP contribution in [0.25, 0.3) is 0 Å². The summed E-state index contributed by atoms with van der Waals surface area (Å²) >= 11 is 0. The Morgan fingerprint density at radius 3 is 1.25 bits per heavy atom. The molecular weight excluding hydrogens is 152 g/mol. The fourth-order valence-electron chi connectivity index (χ4n) is 2.04. The first-order valence-electron chi connectivity index (χ1n) is 4.29. The average Bonchev–Trinajstić information content (AvgIpc) is 1.49. The van der Waals surface area contributed by atoms with E-state index in [9.17, 15) is 4.79 Å². The fourth-order valence-corrected chi connectivity index (χ4v) is 2.04. The average molecular weight is 172 g/mol. The van der Waals surface area contributed by atoms with Crippen LogP contribution in [0.3, 0.4) is 0 Å². The van der Waals surface area contributed by atoms with Gasteiger partial charge in [-0.15, -0.1) is 0 Å². The summed E-state index contributed by atoms with van der Waals surface area (Å²) in [6, 6.07) is 0. The Morgan fingerprint density at radius 1 is 1.00 bits per heavy atom. The summed E-state index contributed by atoms with van der Waals surface area (Å²) < 4.78 is 0. The minimum atomic E-state index is -0.699. The zero-order chi connectivity index (χ0) is 10.2. The number of carboxylic acids is 1. The molecule has 0 atom stereocenters. The standard InChI is InChI=1S/C10H20O2/c1-9(2,3)7(8(11)12)10(4,5)6/h7H,1-6H3,(H,11,12). The van der Waals surface area contributed by atoms with Crippen molar-refractivity contribution in [2.75, 3.05) is 0 Å². The molecular formula is C10H20O2. The molecule has 2 heteroatoms. The van der Waals surface area contributed by atoms with Gasteiger partial charge < -0.3 is 5.11 Å². The van der Waals surface area contributed by atoms with Crippen molar-refractivity contribution in [3.8, 4) is 0 Å². The SMILES string of the molecule is CC(C)(C)C(C(=O)O)C(C)(C)C. The van der Waals surface area contributed by atoms with Crippen LogP contribution in [0.4, 0.5) is 0 Å². The van der Waals surface area contributed by atoms with E-state index in [0.717, 1.165) is 0 Å². The van der Waals surface area contributed by atoms with E-state index in [1.165, 1.54) is 0 Å². The van der Waals surface area contributed by atoms with Crippen molar-refractivity contribution < 1.29 is 9.90 Å². The summed E-state index contributed by atoms with van der Waals surface area (Å²) in [6.45, 7) is 11.8. The van der Waals surface area contributed by atoms with Gasteiger partial charge in [0.2, 0.25) is 0 Å². The second-order valence-electron chi connectivity index (χ2n) is 5.50. The van der Waals surface area contributed by atoms with E-state index in [-0.39, 0.29) is 16.7 Å². The van der Waals surface area contributed by atoms with E-state index in [2.05, 4.69) is 0 Å². The summed E-state index contributed by atoms with van der Waals surface area (Å²) in [5.74, 6) is -1.00. The van der Waals surface area contributed by atoms with Crippen molar-refractivity contribution >= 4 is 5.97 Å². The van der Waals surface area contributed by atoms with Crippen molar-refractivity contribution in [1.29, 1.82) is 0 Å². The van der Waals surface area contributed by atoms with Gasteiger partial charge >= 0.3 is 5.97 Å². The maximum atomic E-state index is 11.0. The summed E-state index contributed by atoms with van der Waals surface area (Å²) in [5.41, 5.74) is -0.353. The smallest absolute Gasteiger partial charge is 0.307 e. The first-order chi connectivity index (χ1) is 5.07. The summed E-state index contributed by atoms with van der Waals surface area (Å²) in [5, 5.41) is 9.04. The number of hydrogen-bond acceptors (Lipinski definition) is 1. The molecule has 0 aromatic heterocycles. The van der Waals surface area contributed by atoms with E-state index in [4.69, 9.17) is 5.11 Å². The minimum absolute atomic E-state index is 0.177. The summed E-state index contributed by atoms with van der Waals surface area (Å²) in [7, 11) is 0. The highest BCUT2D eigenvalue weighted by Gasteiger charge is 2.40. The summed E-state index contributed by atoms with van der Waals surface area (Å²) in [4.78, 5) is 11.0. The quantitative estimate of drug-likeness (QED) is 0.660. The van der Waals surface area contributed by atoms with Crippen molar-refractivity contribution in [2.24, 2.45) is 16.7 Å². The molecule has 0 aliphatic heterocycles. The predicted molar refractivity (Wildman–Crippen MR) is 50.0 cm³/mol. The van der Waals surface area contributed by atoms with Crippen molar-refractivity contribution in [3.05, 3.63) is 0 Å². The fraction of sp³-hybridized carbons (Fsp3) is 0.900. The molecule has 0 amide bonds. The third kappa shape index (κ3) is 2.84. The van der Waals surface area contributed by atoms with Crippen molar-refractivity contribution in [2.45, 2.75) is 41.5 Å². The Labute approximate surface area is 75.0 Å². The van der Waals surface area contributed by atoms with Gasteiger partial charge in [0.15, 0.2) is 0 Å². The van der Waals surface area contributed by atoms with Crippen LogP contribution in [0, 0.1) is 16.7 Å². The van der Waals surface area contributed by atoms with Crippen molar-refractivity contribution in [3.63, 3.8) is 0 Å². The normalized spacial score (nSPS) is 13.6. The maximum absolute atomic E-state index is 11.0. The minimum Gasteiger partial charge on any atom is -0.481 e. The second-order valence-corrected chi connectivity index (χ2v) is 5.50. The second kappa shape index (κ2) is 3.08. The molecule has 0 rings (SSSR count). The van der Waals surface area contributed by atoms with Gasteiger partial charge in [-0.05, 0) is 10.8 Å². The molecule has 0 fully saturated rings. The molecule has 0 saturated heterocycles. The molecule has 1 N–H and O–H groups in total. The summed E-state index contributed by atoms with van der Waals surface area (Å²) in [6.07, 6.45) is 0. The Kier molecular flexibility index (Phi) is 2.94. The zero-order valence-electron chi connectivity index (χ0n) is 8.93.